The average Bonchev–Trinajstić information content (AvgIpc) is 3.43. The Morgan fingerprint density at radius 3 is 2.68 bits per heavy atom. The number of pyridine rings is 1. The fourth-order valence-electron chi connectivity index (χ4n) is 3.66. The van der Waals surface area contributed by atoms with Crippen LogP contribution in [0.5, 0.6) is 5.75 Å². The Morgan fingerprint density at radius 1 is 1.23 bits per heavy atom. The van der Waals surface area contributed by atoms with Gasteiger partial charge in [0.2, 0.25) is 0 Å². The summed E-state index contributed by atoms with van der Waals surface area (Å²) in [5.41, 5.74) is 8.10. The van der Waals surface area contributed by atoms with Gasteiger partial charge in [-0.05, 0) is 43.2 Å². The smallest absolute Gasteiger partial charge is 0.257 e. The van der Waals surface area contributed by atoms with Gasteiger partial charge in [0, 0.05) is 44.1 Å². The van der Waals surface area contributed by atoms with Crippen molar-refractivity contribution in [1.82, 2.24) is 14.8 Å². The van der Waals surface area contributed by atoms with Crippen LogP contribution in [0, 0.1) is 0 Å². The lowest BCUT2D eigenvalue weighted by atomic mass is 10.1. The lowest BCUT2D eigenvalue weighted by molar-refractivity contribution is 0.102. The van der Waals surface area contributed by atoms with Crippen molar-refractivity contribution in [2.24, 2.45) is 12.8 Å². The first-order chi connectivity index (χ1) is 15.1. The number of aryl methyl sites for hydroxylation is 1. The van der Waals surface area contributed by atoms with E-state index in [1.54, 1.807) is 42.3 Å². The van der Waals surface area contributed by atoms with Gasteiger partial charge < -0.3 is 20.7 Å². The minimum absolute atomic E-state index is 0.238. The third-order valence-electron chi connectivity index (χ3n) is 5.20. The Balaban J connectivity index is 1.56. The van der Waals surface area contributed by atoms with E-state index in [1.807, 2.05) is 12.1 Å². The topological polar surface area (TPSA) is 98.3 Å². The highest BCUT2D eigenvalue weighted by Gasteiger charge is 2.17. The molecule has 31 heavy (non-hydrogen) atoms. The van der Waals surface area contributed by atoms with Gasteiger partial charge >= 0.3 is 0 Å². The van der Waals surface area contributed by atoms with E-state index in [1.165, 1.54) is 12.8 Å². The molecule has 0 spiro atoms. The molecule has 1 amide bonds. The van der Waals surface area contributed by atoms with E-state index in [4.69, 9.17) is 22.1 Å². The molecule has 0 aliphatic carbocycles. The van der Waals surface area contributed by atoms with Gasteiger partial charge in [-0.1, -0.05) is 11.6 Å². The predicted molar refractivity (Wildman–Crippen MR) is 122 cm³/mol. The molecular weight excluding hydrogens is 416 g/mol. The zero-order valence-electron chi connectivity index (χ0n) is 17.3. The fourth-order valence-corrected chi connectivity index (χ4v) is 3.93. The molecule has 1 saturated heterocycles. The summed E-state index contributed by atoms with van der Waals surface area (Å²) in [4.78, 5) is 19.5. The van der Waals surface area contributed by atoms with Crippen molar-refractivity contribution in [1.29, 1.82) is 0 Å². The molecule has 3 heterocycles. The monoisotopic (exact) mass is 440 g/mol. The molecule has 2 aromatic heterocycles. The number of benzene rings is 1. The normalized spacial score (nSPS) is 13.5. The van der Waals surface area contributed by atoms with E-state index in [0.717, 1.165) is 24.5 Å². The zero-order chi connectivity index (χ0) is 21.8. The molecule has 1 aliphatic heterocycles. The number of halogens is 1. The molecule has 1 fully saturated rings. The Labute approximate surface area is 186 Å². The molecule has 1 aromatic carbocycles. The Morgan fingerprint density at radius 2 is 2.03 bits per heavy atom. The summed E-state index contributed by atoms with van der Waals surface area (Å²) >= 11 is 6.35. The molecule has 4 rings (SSSR count). The summed E-state index contributed by atoms with van der Waals surface area (Å²) in [5, 5.41) is 7.62. The van der Waals surface area contributed by atoms with Crippen LogP contribution >= 0.6 is 11.6 Å². The SMILES string of the molecule is Cn1ncc(Cl)c1-c1cc(NC(=O)c2ccc(N3CCCC3)nc2)ccc1OCCN. The summed E-state index contributed by atoms with van der Waals surface area (Å²) in [6.45, 7) is 2.77. The Hall–Kier alpha value is -3.10. The number of carbonyl (C=O) groups excluding carboxylic acids is 1. The van der Waals surface area contributed by atoms with Crippen molar-refractivity contribution < 1.29 is 9.53 Å². The van der Waals surface area contributed by atoms with E-state index < -0.39 is 0 Å². The summed E-state index contributed by atoms with van der Waals surface area (Å²) in [6, 6.07) is 9.08. The van der Waals surface area contributed by atoms with Crippen molar-refractivity contribution in [3.8, 4) is 17.0 Å². The van der Waals surface area contributed by atoms with Crippen LogP contribution in [0.15, 0.2) is 42.7 Å². The van der Waals surface area contributed by atoms with Gasteiger partial charge in [-0.15, -0.1) is 0 Å². The second kappa shape index (κ2) is 9.36. The molecule has 0 atom stereocenters. The lowest BCUT2D eigenvalue weighted by Crippen LogP contribution is -2.19. The zero-order valence-corrected chi connectivity index (χ0v) is 18.1. The van der Waals surface area contributed by atoms with Crippen LogP contribution in [-0.2, 0) is 7.05 Å². The number of nitrogens with one attached hydrogen (secondary N) is 1. The summed E-state index contributed by atoms with van der Waals surface area (Å²) in [6.07, 6.45) is 5.54. The average molecular weight is 441 g/mol. The van der Waals surface area contributed by atoms with E-state index in [-0.39, 0.29) is 5.91 Å². The van der Waals surface area contributed by atoms with Crippen LogP contribution < -0.4 is 20.7 Å². The molecule has 3 N–H and O–H groups in total. The standard InChI is InChI=1S/C22H25ClN6O2/c1-28-21(18(23)14-26-28)17-12-16(5-6-19(17)31-11-8-24)27-22(30)15-4-7-20(25-13-15)29-9-2-3-10-29/h4-7,12-14H,2-3,8-11,24H2,1H3,(H,27,30). The fraction of sp³-hybridized carbons (Fsp3) is 0.318. The second-order valence-electron chi connectivity index (χ2n) is 7.37. The minimum atomic E-state index is -0.238. The van der Waals surface area contributed by atoms with E-state index in [2.05, 4.69) is 20.3 Å². The number of hydrogen-bond donors (Lipinski definition) is 2. The van der Waals surface area contributed by atoms with Crippen LogP contribution in [0.1, 0.15) is 23.2 Å². The number of carbonyl (C=O) groups is 1. The molecule has 1 aliphatic rings. The molecule has 0 unspecified atom stereocenters. The third-order valence-corrected chi connectivity index (χ3v) is 5.48. The molecular formula is C22H25ClN6O2. The van der Waals surface area contributed by atoms with Crippen LogP contribution in [0.3, 0.4) is 0 Å². The first-order valence-corrected chi connectivity index (χ1v) is 10.6. The van der Waals surface area contributed by atoms with Crippen LogP contribution in [0.4, 0.5) is 11.5 Å². The van der Waals surface area contributed by atoms with Gasteiger partial charge in [-0.3, -0.25) is 9.48 Å². The predicted octanol–water partition coefficient (Wildman–Crippen LogP) is 3.33. The van der Waals surface area contributed by atoms with Crippen molar-refractivity contribution in [3.63, 3.8) is 0 Å². The van der Waals surface area contributed by atoms with Crippen LogP contribution in [-0.4, -0.2) is 46.9 Å². The van der Waals surface area contributed by atoms with E-state index >= 15 is 0 Å². The number of ether oxygens (including phenoxy) is 1. The number of hydrogen-bond acceptors (Lipinski definition) is 6. The van der Waals surface area contributed by atoms with Gasteiger partial charge in [0.25, 0.3) is 5.91 Å². The molecule has 0 radical (unpaired) electrons. The van der Waals surface area contributed by atoms with Crippen molar-refractivity contribution in [2.75, 3.05) is 36.5 Å². The number of amides is 1. The van der Waals surface area contributed by atoms with Gasteiger partial charge in [0.1, 0.15) is 18.2 Å². The maximum atomic E-state index is 12.8. The first-order valence-electron chi connectivity index (χ1n) is 10.2. The van der Waals surface area contributed by atoms with Crippen molar-refractivity contribution in [2.45, 2.75) is 12.8 Å². The molecule has 8 nitrogen and oxygen atoms in total. The Bertz CT molecular complexity index is 1040. The largest absolute Gasteiger partial charge is 0.492 e. The van der Waals surface area contributed by atoms with Gasteiger partial charge in [-0.25, -0.2) is 4.98 Å². The van der Waals surface area contributed by atoms with Crippen molar-refractivity contribution >= 4 is 29.0 Å². The molecule has 9 heteroatoms. The van der Waals surface area contributed by atoms with E-state index in [9.17, 15) is 4.79 Å². The number of aromatic nitrogens is 3. The molecule has 3 aromatic rings. The minimum Gasteiger partial charge on any atom is -0.492 e. The highest BCUT2D eigenvalue weighted by atomic mass is 35.5. The van der Waals surface area contributed by atoms with Gasteiger partial charge in [0.15, 0.2) is 0 Å². The summed E-state index contributed by atoms with van der Waals surface area (Å²) < 4.78 is 7.44. The highest BCUT2D eigenvalue weighted by Crippen LogP contribution is 2.36. The van der Waals surface area contributed by atoms with Gasteiger partial charge in [-0.2, -0.15) is 5.10 Å². The van der Waals surface area contributed by atoms with Crippen molar-refractivity contribution in [3.05, 3.63) is 53.3 Å². The van der Waals surface area contributed by atoms with E-state index in [0.29, 0.717) is 40.9 Å². The summed E-state index contributed by atoms with van der Waals surface area (Å²) in [5.74, 6) is 1.28. The second-order valence-corrected chi connectivity index (χ2v) is 7.77. The Kier molecular flexibility index (Phi) is 6.39. The third kappa shape index (κ3) is 4.65. The number of nitrogens with two attached hydrogens (primary N) is 1. The highest BCUT2D eigenvalue weighted by molar-refractivity contribution is 6.33. The van der Waals surface area contributed by atoms with Crippen LogP contribution in [0.25, 0.3) is 11.3 Å². The maximum absolute atomic E-state index is 12.8. The van der Waals surface area contributed by atoms with Crippen LogP contribution in [0.2, 0.25) is 5.02 Å². The first kappa shape index (κ1) is 21.1. The quantitative estimate of drug-likeness (QED) is 0.584. The lowest BCUT2D eigenvalue weighted by Gasteiger charge is -2.16. The molecule has 0 bridgehead atoms. The molecule has 162 valence electrons. The van der Waals surface area contributed by atoms with Gasteiger partial charge in [0.05, 0.1) is 22.5 Å². The summed E-state index contributed by atoms with van der Waals surface area (Å²) in [7, 11) is 1.80. The number of anilines is 2. The number of rotatable bonds is 7. The maximum Gasteiger partial charge on any atom is 0.257 e. The number of nitrogens with zero attached hydrogens (tertiary/aromatic N) is 4. The molecule has 0 saturated carbocycles.